The molecule has 2 atom stereocenters. The number of hydrogen-bond acceptors (Lipinski definition) is 2. The summed E-state index contributed by atoms with van der Waals surface area (Å²) in [5.41, 5.74) is -1.64. The third kappa shape index (κ3) is 2.53. The first-order valence-corrected chi connectivity index (χ1v) is 6.04. The average Bonchev–Trinajstić information content (AvgIpc) is 2.28. The number of benzene rings is 1. The van der Waals surface area contributed by atoms with Crippen molar-refractivity contribution in [3.63, 3.8) is 0 Å². The smallest absolute Gasteiger partial charge is 0.310 e. The zero-order valence-electron chi connectivity index (χ0n) is 10.9. The number of aliphatic carboxylic acids is 1. The van der Waals surface area contributed by atoms with Gasteiger partial charge in [-0.3, -0.25) is 4.79 Å². The van der Waals surface area contributed by atoms with Crippen molar-refractivity contribution in [3.8, 4) is 0 Å². The summed E-state index contributed by atoms with van der Waals surface area (Å²) in [5.74, 6) is -3.03. The Hall–Kier alpha value is -1.42. The third-order valence-electron chi connectivity index (χ3n) is 3.33. The lowest BCUT2D eigenvalue weighted by molar-refractivity contribution is -0.157. The summed E-state index contributed by atoms with van der Waals surface area (Å²) in [6.07, 6.45) is 0.142. The molecular formula is C14H19FO3. The lowest BCUT2D eigenvalue weighted by Gasteiger charge is -2.35. The van der Waals surface area contributed by atoms with Crippen LogP contribution < -0.4 is 0 Å². The summed E-state index contributed by atoms with van der Waals surface area (Å²) < 4.78 is 13.8. The molecule has 2 unspecified atom stereocenters. The Morgan fingerprint density at radius 2 is 1.94 bits per heavy atom. The Kier molecular flexibility index (Phi) is 4.46. The van der Waals surface area contributed by atoms with Gasteiger partial charge in [0.2, 0.25) is 0 Å². The molecule has 0 aromatic heterocycles. The highest BCUT2D eigenvalue weighted by Crippen LogP contribution is 2.38. The maximum atomic E-state index is 13.8. The molecule has 1 aromatic carbocycles. The van der Waals surface area contributed by atoms with Crippen molar-refractivity contribution in [1.29, 1.82) is 0 Å². The second-order valence-electron chi connectivity index (χ2n) is 4.82. The molecule has 0 heterocycles. The van der Waals surface area contributed by atoms with Crippen LogP contribution >= 0.6 is 0 Å². The number of carbonyl (C=O) groups is 1. The Balaban J connectivity index is 3.36. The highest BCUT2D eigenvalue weighted by molar-refractivity contribution is 5.72. The van der Waals surface area contributed by atoms with Gasteiger partial charge in [0.25, 0.3) is 0 Å². The van der Waals surface area contributed by atoms with Crippen molar-refractivity contribution in [3.05, 3.63) is 35.6 Å². The van der Waals surface area contributed by atoms with Crippen LogP contribution in [0.2, 0.25) is 0 Å². The largest absolute Gasteiger partial charge is 0.481 e. The second kappa shape index (κ2) is 5.48. The predicted molar refractivity (Wildman–Crippen MR) is 66.6 cm³/mol. The van der Waals surface area contributed by atoms with Gasteiger partial charge in [0.15, 0.2) is 0 Å². The van der Waals surface area contributed by atoms with E-state index in [2.05, 4.69) is 0 Å². The maximum absolute atomic E-state index is 13.8. The zero-order chi connectivity index (χ0) is 13.9. The summed E-state index contributed by atoms with van der Waals surface area (Å²) in [7, 11) is 0. The van der Waals surface area contributed by atoms with Gasteiger partial charge in [0.1, 0.15) is 11.4 Å². The van der Waals surface area contributed by atoms with Gasteiger partial charge in [-0.1, -0.05) is 39.0 Å². The van der Waals surface area contributed by atoms with Crippen molar-refractivity contribution in [2.24, 2.45) is 11.8 Å². The molecular weight excluding hydrogens is 235 g/mol. The van der Waals surface area contributed by atoms with E-state index in [1.54, 1.807) is 26.8 Å². The second-order valence-corrected chi connectivity index (χ2v) is 4.82. The standard InChI is InChI=1S/C14H19FO3/c1-4-14(18,12(9(2)3)13(16)17)10-7-5-6-8-11(10)15/h5-9,12,18H,4H2,1-3H3,(H,16,17). The van der Waals surface area contributed by atoms with Gasteiger partial charge >= 0.3 is 5.97 Å². The van der Waals surface area contributed by atoms with E-state index in [4.69, 9.17) is 0 Å². The monoisotopic (exact) mass is 254 g/mol. The summed E-state index contributed by atoms with van der Waals surface area (Å²) in [4.78, 5) is 11.3. The Labute approximate surface area is 106 Å². The number of aliphatic hydroxyl groups is 1. The molecule has 0 saturated carbocycles. The summed E-state index contributed by atoms with van der Waals surface area (Å²) in [6, 6.07) is 5.78. The first-order valence-electron chi connectivity index (χ1n) is 6.04. The van der Waals surface area contributed by atoms with E-state index in [0.717, 1.165) is 0 Å². The average molecular weight is 254 g/mol. The molecule has 18 heavy (non-hydrogen) atoms. The number of carboxylic acid groups (broad SMARTS) is 1. The van der Waals surface area contributed by atoms with E-state index < -0.39 is 23.3 Å². The number of hydrogen-bond donors (Lipinski definition) is 2. The summed E-state index contributed by atoms with van der Waals surface area (Å²) >= 11 is 0. The minimum absolute atomic E-state index is 0.0496. The van der Waals surface area contributed by atoms with Crippen LogP contribution in [0.25, 0.3) is 0 Å². The van der Waals surface area contributed by atoms with Gasteiger partial charge < -0.3 is 10.2 Å². The fraction of sp³-hybridized carbons (Fsp3) is 0.500. The predicted octanol–water partition coefficient (Wildman–Crippen LogP) is 2.78. The number of rotatable bonds is 5. The summed E-state index contributed by atoms with van der Waals surface area (Å²) in [6.45, 7) is 5.07. The summed E-state index contributed by atoms with van der Waals surface area (Å²) in [5, 5.41) is 19.9. The van der Waals surface area contributed by atoms with Crippen LogP contribution in [0.3, 0.4) is 0 Å². The van der Waals surface area contributed by atoms with E-state index >= 15 is 0 Å². The third-order valence-corrected chi connectivity index (χ3v) is 3.33. The Bertz CT molecular complexity index is 431. The van der Waals surface area contributed by atoms with Gasteiger partial charge in [-0.15, -0.1) is 0 Å². The quantitative estimate of drug-likeness (QED) is 0.849. The molecule has 0 amide bonds. The minimum Gasteiger partial charge on any atom is -0.481 e. The van der Waals surface area contributed by atoms with Crippen molar-refractivity contribution < 1.29 is 19.4 Å². The van der Waals surface area contributed by atoms with Crippen LogP contribution in [-0.4, -0.2) is 16.2 Å². The molecule has 0 aliphatic heterocycles. The van der Waals surface area contributed by atoms with Crippen LogP contribution in [0.5, 0.6) is 0 Å². The van der Waals surface area contributed by atoms with Gasteiger partial charge in [0, 0.05) is 5.56 Å². The first kappa shape index (κ1) is 14.6. The molecule has 0 bridgehead atoms. The molecule has 0 saturated heterocycles. The van der Waals surface area contributed by atoms with Crippen LogP contribution in [0, 0.1) is 17.7 Å². The van der Waals surface area contributed by atoms with Crippen molar-refractivity contribution in [2.45, 2.75) is 32.8 Å². The number of carboxylic acids is 1. The van der Waals surface area contributed by atoms with E-state index in [0.29, 0.717) is 0 Å². The fourth-order valence-electron chi connectivity index (χ4n) is 2.43. The molecule has 0 spiro atoms. The number of halogens is 1. The lowest BCUT2D eigenvalue weighted by Crippen LogP contribution is -2.43. The van der Waals surface area contributed by atoms with Crippen molar-refractivity contribution in [1.82, 2.24) is 0 Å². The van der Waals surface area contributed by atoms with E-state index in [1.165, 1.54) is 18.2 Å². The molecule has 1 rings (SSSR count). The highest BCUT2D eigenvalue weighted by atomic mass is 19.1. The topological polar surface area (TPSA) is 57.5 Å². The Morgan fingerprint density at radius 3 is 2.33 bits per heavy atom. The van der Waals surface area contributed by atoms with Crippen LogP contribution in [-0.2, 0) is 10.4 Å². The van der Waals surface area contributed by atoms with Crippen LogP contribution in [0.1, 0.15) is 32.8 Å². The maximum Gasteiger partial charge on any atom is 0.310 e. The van der Waals surface area contributed by atoms with Gasteiger partial charge in [0.05, 0.1) is 5.92 Å². The Morgan fingerprint density at radius 1 is 1.39 bits per heavy atom. The van der Waals surface area contributed by atoms with Crippen LogP contribution in [0.15, 0.2) is 24.3 Å². The molecule has 3 nitrogen and oxygen atoms in total. The molecule has 0 aliphatic carbocycles. The molecule has 0 radical (unpaired) electrons. The van der Waals surface area contributed by atoms with E-state index in [9.17, 15) is 19.4 Å². The first-order chi connectivity index (χ1) is 8.34. The molecule has 2 N–H and O–H groups in total. The van der Waals surface area contributed by atoms with E-state index in [1.807, 2.05) is 0 Å². The molecule has 1 aromatic rings. The lowest BCUT2D eigenvalue weighted by atomic mass is 9.73. The fourth-order valence-corrected chi connectivity index (χ4v) is 2.43. The molecule has 0 aliphatic rings. The SMILES string of the molecule is CCC(O)(c1ccccc1F)C(C(=O)O)C(C)C. The molecule has 0 fully saturated rings. The normalized spacial score (nSPS) is 16.3. The molecule has 100 valence electrons. The van der Waals surface area contributed by atoms with E-state index in [-0.39, 0.29) is 17.9 Å². The minimum atomic E-state index is -1.69. The highest BCUT2D eigenvalue weighted by Gasteiger charge is 2.44. The molecule has 4 heteroatoms. The van der Waals surface area contributed by atoms with Crippen molar-refractivity contribution in [2.75, 3.05) is 0 Å². The van der Waals surface area contributed by atoms with Gasteiger partial charge in [-0.2, -0.15) is 0 Å². The van der Waals surface area contributed by atoms with Crippen LogP contribution in [0.4, 0.5) is 4.39 Å². The van der Waals surface area contributed by atoms with Gasteiger partial charge in [-0.25, -0.2) is 4.39 Å². The van der Waals surface area contributed by atoms with Crippen molar-refractivity contribution >= 4 is 5.97 Å². The zero-order valence-corrected chi connectivity index (χ0v) is 10.9. The van der Waals surface area contributed by atoms with Gasteiger partial charge in [-0.05, 0) is 18.4 Å².